The maximum atomic E-state index is 12.5. The highest BCUT2D eigenvalue weighted by atomic mass is 16.5. The molecule has 0 spiro atoms. The van der Waals surface area contributed by atoms with Gasteiger partial charge in [0.25, 0.3) is 0 Å². The number of nitrogens with one attached hydrogen (secondary N) is 1. The van der Waals surface area contributed by atoms with Gasteiger partial charge in [-0.3, -0.25) is 5.32 Å². The van der Waals surface area contributed by atoms with Crippen LogP contribution in [0.25, 0.3) is 0 Å². The van der Waals surface area contributed by atoms with E-state index in [0.717, 1.165) is 12.8 Å². The van der Waals surface area contributed by atoms with Crippen molar-refractivity contribution in [3.8, 4) is 0 Å². The molecule has 2 unspecified atom stereocenters. The molecule has 0 saturated heterocycles. The highest BCUT2D eigenvalue weighted by Gasteiger charge is 2.52. The molecule has 0 aromatic rings. The number of carbonyl (C=O) groups excluding carboxylic acids is 1. The zero-order chi connectivity index (χ0) is 15.3. The molecule has 1 N–H and O–H groups in total. The maximum Gasteiger partial charge on any atom is 0.329 e. The van der Waals surface area contributed by atoms with Gasteiger partial charge in [0.05, 0.1) is 19.3 Å². The van der Waals surface area contributed by atoms with E-state index in [1.54, 1.807) is 0 Å². The van der Waals surface area contributed by atoms with Gasteiger partial charge in [-0.05, 0) is 52.4 Å². The summed E-state index contributed by atoms with van der Waals surface area (Å²) in [5, 5.41) is 3.43. The van der Waals surface area contributed by atoms with E-state index >= 15 is 0 Å². The molecule has 0 aromatic heterocycles. The topological polar surface area (TPSA) is 47.6 Å². The Hall–Kier alpha value is -0.610. The van der Waals surface area contributed by atoms with E-state index in [9.17, 15) is 4.79 Å². The second-order valence-electron chi connectivity index (χ2n) is 6.53. The highest BCUT2D eigenvalue weighted by Crippen LogP contribution is 2.41. The van der Waals surface area contributed by atoms with Crippen molar-refractivity contribution in [1.82, 2.24) is 5.32 Å². The molecule has 20 heavy (non-hydrogen) atoms. The number of hydrogen-bond acceptors (Lipinski definition) is 4. The van der Waals surface area contributed by atoms with Crippen LogP contribution in [0.2, 0.25) is 0 Å². The van der Waals surface area contributed by atoms with Crippen LogP contribution in [0.1, 0.15) is 54.4 Å². The first-order valence-electron chi connectivity index (χ1n) is 7.90. The minimum absolute atomic E-state index is 0.136. The van der Waals surface area contributed by atoms with Crippen molar-refractivity contribution in [3.05, 3.63) is 0 Å². The zero-order valence-corrected chi connectivity index (χ0v) is 13.9. The summed E-state index contributed by atoms with van der Waals surface area (Å²) in [7, 11) is 0. The summed E-state index contributed by atoms with van der Waals surface area (Å²) in [5.74, 6) is 0.614. The van der Waals surface area contributed by atoms with E-state index in [0.29, 0.717) is 25.0 Å². The molecule has 1 rings (SSSR count). The Labute approximate surface area is 123 Å². The van der Waals surface area contributed by atoms with Crippen LogP contribution < -0.4 is 5.32 Å². The molecule has 0 radical (unpaired) electrons. The number of esters is 1. The van der Waals surface area contributed by atoms with Gasteiger partial charge in [-0.25, -0.2) is 4.79 Å². The van der Waals surface area contributed by atoms with Gasteiger partial charge in [0.15, 0.2) is 0 Å². The molecular formula is C16H31NO3. The Bertz CT molecular complexity index is 313. The van der Waals surface area contributed by atoms with Crippen LogP contribution in [-0.4, -0.2) is 36.9 Å². The fourth-order valence-corrected chi connectivity index (χ4v) is 2.37. The van der Waals surface area contributed by atoms with Crippen LogP contribution in [0, 0.1) is 11.8 Å². The number of carbonyl (C=O) groups is 1. The summed E-state index contributed by atoms with van der Waals surface area (Å²) < 4.78 is 11.3. The molecule has 0 bridgehead atoms. The number of rotatable bonds is 9. The fourth-order valence-electron chi connectivity index (χ4n) is 2.37. The van der Waals surface area contributed by atoms with Crippen LogP contribution in [0.3, 0.4) is 0 Å². The molecule has 0 amide bonds. The van der Waals surface area contributed by atoms with E-state index in [1.807, 2.05) is 6.92 Å². The third kappa shape index (κ3) is 4.45. The van der Waals surface area contributed by atoms with E-state index < -0.39 is 5.54 Å². The minimum atomic E-state index is -0.673. The first kappa shape index (κ1) is 17.4. The van der Waals surface area contributed by atoms with E-state index in [-0.39, 0.29) is 18.1 Å². The molecular weight excluding hydrogens is 254 g/mol. The lowest BCUT2D eigenvalue weighted by atomic mass is 9.92. The average molecular weight is 285 g/mol. The lowest BCUT2D eigenvalue weighted by molar-refractivity contribution is -0.157. The van der Waals surface area contributed by atoms with Crippen molar-refractivity contribution in [1.29, 1.82) is 0 Å². The van der Waals surface area contributed by atoms with Crippen molar-refractivity contribution >= 4 is 5.97 Å². The van der Waals surface area contributed by atoms with Gasteiger partial charge in [0, 0.05) is 6.04 Å². The lowest BCUT2D eigenvalue weighted by Gasteiger charge is -2.35. The molecule has 1 fully saturated rings. The Balaban J connectivity index is 2.83. The summed E-state index contributed by atoms with van der Waals surface area (Å²) in [6.07, 6.45) is 2.27. The van der Waals surface area contributed by atoms with Gasteiger partial charge < -0.3 is 9.47 Å². The lowest BCUT2D eigenvalue weighted by Crippen LogP contribution is -2.60. The molecule has 1 aliphatic carbocycles. The predicted octanol–water partition coefficient (Wildman–Crippen LogP) is 2.76. The fraction of sp³-hybridized carbons (Fsp3) is 0.938. The monoisotopic (exact) mass is 285 g/mol. The van der Waals surface area contributed by atoms with Gasteiger partial charge in [0.1, 0.15) is 5.54 Å². The minimum Gasteiger partial charge on any atom is -0.465 e. The summed E-state index contributed by atoms with van der Waals surface area (Å²) in [6.45, 7) is 13.1. The van der Waals surface area contributed by atoms with Crippen LogP contribution >= 0.6 is 0 Å². The van der Waals surface area contributed by atoms with Gasteiger partial charge in [-0.1, -0.05) is 13.8 Å². The van der Waals surface area contributed by atoms with Gasteiger partial charge in [-0.15, -0.1) is 0 Å². The molecule has 0 aromatic carbocycles. The Morgan fingerprint density at radius 1 is 1.25 bits per heavy atom. The summed E-state index contributed by atoms with van der Waals surface area (Å²) in [6, 6.07) is 0.220. The van der Waals surface area contributed by atoms with Crippen molar-refractivity contribution < 1.29 is 14.3 Å². The van der Waals surface area contributed by atoms with Crippen molar-refractivity contribution in [2.24, 2.45) is 11.8 Å². The van der Waals surface area contributed by atoms with Crippen LogP contribution in [0.4, 0.5) is 0 Å². The van der Waals surface area contributed by atoms with Crippen molar-refractivity contribution in [3.63, 3.8) is 0 Å². The summed E-state index contributed by atoms with van der Waals surface area (Å²) >= 11 is 0. The maximum absolute atomic E-state index is 12.5. The predicted molar refractivity (Wildman–Crippen MR) is 80.6 cm³/mol. The zero-order valence-electron chi connectivity index (χ0n) is 13.9. The first-order valence-corrected chi connectivity index (χ1v) is 7.90. The molecule has 1 saturated carbocycles. The molecule has 4 nitrogen and oxygen atoms in total. The SMILES string of the molecule is CCOC(=O)C(COC(C)C(C)C)(NC(C)C)C1CC1. The smallest absolute Gasteiger partial charge is 0.329 e. The second-order valence-corrected chi connectivity index (χ2v) is 6.53. The number of hydrogen-bond donors (Lipinski definition) is 1. The molecule has 4 heteroatoms. The van der Waals surface area contributed by atoms with Crippen molar-refractivity contribution in [2.45, 2.75) is 72.1 Å². The first-order chi connectivity index (χ1) is 9.33. The van der Waals surface area contributed by atoms with Crippen LogP contribution in [0.15, 0.2) is 0 Å². The van der Waals surface area contributed by atoms with Crippen molar-refractivity contribution in [2.75, 3.05) is 13.2 Å². The Kier molecular flexibility index (Phi) is 6.46. The van der Waals surface area contributed by atoms with Gasteiger partial charge >= 0.3 is 5.97 Å². The van der Waals surface area contributed by atoms with Gasteiger partial charge in [-0.2, -0.15) is 0 Å². The second kappa shape index (κ2) is 7.41. The Morgan fingerprint density at radius 2 is 1.85 bits per heavy atom. The molecule has 0 heterocycles. The third-order valence-electron chi connectivity index (χ3n) is 3.97. The average Bonchev–Trinajstić information content (AvgIpc) is 3.18. The Morgan fingerprint density at radius 3 is 2.25 bits per heavy atom. The van der Waals surface area contributed by atoms with Crippen LogP contribution in [0.5, 0.6) is 0 Å². The summed E-state index contributed by atoms with van der Waals surface area (Å²) in [4.78, 5) is 12.5. The molecule has 0 aliphatic heterocycles. The van der Waals surface area contributed by atoms with Gasteiger partial charge in [0.2, 0.25) is 0 Å². The van der Waals surface area contributed by atoms with E-state index in [1.165, 1.54) is 0 Å². The molecule has 2 atom stereocenters. The molecule has 1 aliphatic rings. The highest BCUT2D eigenvalue weighted by molar-refractivity contribution is 5.82. The normalized spacial score (nSPS) is 20.0. The third-order valence-corrected chi connectivity index (χ3v) is 3.97. The standard InChI is InChI=1S/C16H31NO3/c1-7-19-15(18)16(14-8-9-14,17-12(4)5)10-20-13(6)11(2)3/h11-14,17H,7-10H2,1-6H3. The quantitative estimate of drug-likeness (QED) is 0.662. The largest absolute Gasteiger partial charge is 0.465 e. The number of ether oxygens (including phenoxy) is 2. The van der Waals surface area contributed by atoms with Crippen LogP contribution in [-0.2, 0) is 14.3 Å². The van der Waals surface area contributed by atoms with E-state index in [4.69, 9.17) is 9.47 Å². The summed E-state index contributed by atoms with van der Waals surface area (Å²) in [5.41, 5.74) is -0.673. The molecule has 118 valence electrons. The van der Waals surface area contributed by atoms with E-state index in [2.05, 4.69) is 39.9 Å².